The van der Waals surface area contributed by atoms with Crippen molar-refractivity contribution in [1.82, 2.24) is 10.1 Å². The molecule has 124 valence electrons. The number of anilines is 1. The number of amides is 1. The van der Waals surface area contributed by atoms with E-state index >= 15 is 0 Å². The van der Waals surface area contributed by atoms with Crippen molar-refractivity contribution in [3.8, 4) is 11.5 Å². The number of furan rings is 1. The Hall–Kier alpha value is -3.19. The summed E-state index contributed by atoms with van der Waals surface area (Å²) in [5.41, 5.74) is 1.37. The van der Waals surface area contributed by atoms with Gasteiger partial charge in [-0.2, -0.15) is 0 Å². The topological polar surface area (TPSA) is 81.2 Å². The van der Waals surface area contributed by atoms with Crippen molar-refractivity contribution < 1.29 is 13.7 Å². The molecule has 1 amide bonds. The zero-order chi connectivity index (χ0) is 17.1. The molecule has 1 aromatic carbocycles. The van der Waals surface area contributed by atoms with Crippen molar-refractivity contribution in [1.29, 1.82) is 0 Å². The molecule has 1 N–H and O–H groups in total. The first kappa shape index (κ1) is 15.3. The van der Waals surface area contributed by atoms with Crippen LogP contribution in [0.4, 0.5) is 5.13 Å². The van der Waals surface area contributed by atoms with Crippen LogP contribution in [0.2, 0.25) is 0 Å². The number of thiazole rings is 1. The van der Waals surface area contributed by atoms with Crippen LogP contribution in [0.3, 0.4) is 0 Å². The largest absolute Gasteiger partial charge is 0.461 e. The summed E-state index contributed by atoms with van der Waals surface area (Å²) in [5.74, 6) is 0.548. The molecule has 7 heteroatoms. The first-order valence-electron chi connectivity index (χ1n) is 7.58. The maximum absolute atomic E-state index is 12.3. The Morgan fingerprint density at radius 2 is 2.00 bits per heavy atom. The molecule has 4 aromatic rings. The molecule has 0 aliphatic carbocycles. The molecule has 0 saturated carbocycles. The van der Waals surface area contributed by atoms with Crippen LogP contribution in [-0.4, -0.2) is 16.0 Å². The molecule has 3 aromatic heterocycles. The minimum Gasteiger partial charge on any atom is -0.461 e. The molecular formula is C18H13N3O3S. The van der Waals surface area contributed by atoms with Crippen LogP contribution in [0.5, 0.6) is 0 Å². The Morgan fingerprint density at radius 1 is 1.12 bits per heavy atom. The fourth-order valence-corrected chi connectivity index (χ4v) is 3.16. The molecule has 0 fully saturated rings. The zero-order valence-corrected chi connectivity index (χ0v) is 13.8. The molecule has 4 rings (SSSR count). The van der Waals surface area contributed by atoms with Gasteiger partial charge in [0.2, 0.25) is 5.76 Å². The highest BCUT2D eigenvalue weighted by atomic mass is 32.1. The summed E-state index contributed by atoms with van der Waals surface area (Å²) in [4.78, 5) is 17.6. The average molecular weight is 351 g/mol. The van der Waals surface area contributed by atoms with Crippen LogP contribution in [0.15, 0.2) is 69.9 Å². The minimum absolute atomic E-state index is 0.172. The number of carbonyl (C=O) groups excluding carboxylic acids is 1. The zero-order valence-electron chi connectivity index (χ0n) is 13.0. The number of hydrogen-bond acceptors (Lipinski definition) is 6. The van der Waals surface area contributed by atoms with Gasteiger partial charge in [-0.25, -0.2) is 4.98 Å². The van der Waals surface area contributed by atoms with E-state index in [1.807, 2.05) is 18.2 Å². The lowest BCUT2D eigenvalue weighted by atomic mass is 10.1. The van der Waals surface area contributed by atoms with Crippen molar-refractivity contribution >= 4 is 22.4 Å². The molecule has 0 spiro atoms. The van der Waals surface area contributed by atoms with E-state index < -0.39 is 0 Å². The standard InChI is InChI=1S/C18H13N3O3S/c22-17(14-10-16(24-21-14)15-7-4-8-23-15)20-18-19-11-13(25-18)9-12-5-2-1-3-6-12/h1-8,10-11H,9H2,(H,19,20,22). The predicted octanol–water partition coefficient (Wildman–Crippen LogP) is 4.23. The second-order valence-electron chi connectivity index (χ2n) is 5.30. The summed E-state index contributed by atoms with van der Waals surface area (Å²) in [7, 11) is 0. The molecule has 0 radical (unpaired) electrons. The monoisotopic (exact) mass is 351 g/mol. The summed E-state index contributed by atoms with van der Waals surface area (Å²) < 4.78 is 10.3. The summed E-state index contributed by atoms with van der Waals surface area (Å²) in [6, 6.07) is 15.1. The van der Waals surface area contributed by atoms with Crippen molar-refractivity contribution in [2.75, 3.05) is 5.32 Å². The van der Waals surface area contributed by atoms with Crippen LogP contribution < -0.4 is 5.32 Å². The van der Waals surface area contributed by atoms with Crippen LogP contribution >= 0.6 is 11.3 Å². The third-order valence-corrected chi connectivity index (χ3v) is 4.41. The summed E-state index contributed by atoms with van der Waals surface area (Å²) in [6.45, 7) is 0. The number of hydrogen-bond donors (Lipinski definition) is 1. The van der Waals surface area contributed by atoms with Gasteiger partial charge in [0.1, 0.15) is 0 Å². The fourth-order valence-electron chi connectivity index (χ4n) is 2.32. The average Bonchev–Trinajstić information content (AvgIpc) is 3.37. The number of nitrogens with zero attached hydrogens (tertiary/aromatic N) is 2. The molecule has 0 bridgehead atoms. The van der Waals surface area contributed by atoms with E-state index in [9.17, 15) is 4.79 Å². The van der Waals surface area contributed by atoms with E-state index in [0.717, 1.165) is 11.3 Å². The van der Waals surface area contributed by atoms with Gasteiger partial charge in [0, 0.05) is 23.6 Å². The van der Waals surface area contributed by atoms with E-state index in [1.165, 1.54) is 29.2 Å². The lowest BCUT2D eigenvalue weighted by Crippen LogP contribution is -2.11. The fraction of sp³-hybridized carbons (Fsp3) is 0.0556. The first-order chi connectivity index (χ1) is 12.3. The Bertz CT molecular complexity index is 974. The Balaban J connectivity index is 1.43. The van der Waals surface area contributed by atoms with E-state index in [1.54, 1.807) is 18.3 Å². The van der Waals surface area contributed by atoms with Crippen LogP contribution in [0.25, 0.3) is 11.5 Å². The van der Waals surface area contributed by atoms with Crippen LogP contribution in [-0.2, 0) is 6.42 Å². The molecular weight excluding hydrogens is 338 g/mol. The Kier molecular flexibility index (Phi) is 4.14. The SMILES string of the molecule is O=C(Nc1ncc(Cc2ccccc2)s1)c1cc(-c2ccco2)on1. The number of benzene rings is 1. The van der Waals surface area contributed by atoms with E-state index in [0.29, 0.717) is 16.7 Å². The number of nitrogens with one attached hydrogen (secondary N) is 1. The highest BCUT2D eigenvalue weighted by molar-refractivity contribution is 7.15. The van der Waals surface area contributed by atoms with Crippen molar-refractivity contribution in [2.24, 2.45) is 0 Å². The van der Waals surface area contributed by atoms with E-state index in [2.05, 4.69) is 27.6 Å². The first-order valence-corrected chi connectivity index (χ1v) is 8.40. The van der Waals surface area contributed by atoms with Crippen molar-refractivity contribution in [2.45, 2.75) is 6.42 Å². The third kappa shape index (κ3) is 3.51. The highest BCUT2D eigenvalue weighted by Gasteiger charge is 2.16. The Morgan fingerprint density at radius 3 is 2.80 bits per heavy atom. The van der Waals surface area contributed by atoms with Gasteiger partial charge < -0.3 is 8.94 Å². The molecule has 25 heavy (non-hydrogen) atoms. The summed E-state index contributed by atoms with van der Waals surface area (Å²) >= 11 is 1.44. The van der Waals surface area contributed by atoms with Crippen molar-refractivity contribution in [3.05, 3.63) is 77.1 Å². The maximum Gasteiger partial charge on any atom is 0.279 e. The number of aromatic nitrogens is 2. The molecule has 3 heterocycles. The summed E-state index contributed by atoms with van der Waals surface area (Å²) in [5, 5.41) is 7.04. The maximum atomic E-state index is 12.3. The third-order valence-electron chi connectivity index (χ3n) is 3.50. The second kappa shape index (κ2) is 6.74. The lowest BCUT2D eigenvalue weighted by Gasteiger charge is -1.97. The highest BCUT2D eigenvalue weighted by Crippen LogP contribution is 2.23. The van der Waals surface area contributed by atoms with Gasteiger partial charge in [-0.3, -0.25) is 10.1 Å². The second-order valence-corrected chi connectivity index (χ2v) is 6.42. The van der Waals surface area contributed by atoms with Gasteiger partial charge in [0.15, 0.2) is 16.6 Å². The predicted molar refractivity (Wildman–Crippen MR) is 93.5 cm³/mol. The van der Waals surface area contributed by atoms with Crippen LogP contribution in [0.1, 0.15) is 20.9 Å². The number of rotatable bonds is 5. The quantitative estimate of drug-likeness (QED) is 0.582. The summed E-state index contributed by atoms with van der Waals surface area (Å²) in [6.07, 6.45) is 4.08. The van der Waals surface area contributed by atoms with Crippen LogP contribution in [0, 0.1) is 0 Å². The Labute approximate surface area is 147 Å². The normalized spacial score (nSPS) is 10.7. The van der Waals surface area contributed by atoms with Gasteiger partial charge >= 0.3 is 0 Å². The lowest BCUT2D eigenvalue weighted by molar-refractivity contribution is 0.101. The smallest absolute Gasteiger partial charge is 0.279 e. The van der Waals surface area contributed by atoms with Crippen molar-refractivity contribution in [3.63, 3.8) is 0 Å². The van der Waals surface area contributed by atoms with E-state index in [4.69, 9.17) is 8.94 Å². The molecule has 0 saturated heterocycles. The molecule has 0 aliphatic heterocycles. The van der Waals surface area contributed by atoms with Gasteiger partial charge in [0.05, 0.1) is 6.26 Å². The minimum atomic E-state index is -0.373. The molecule has 6 nitrogen and oxygen atoms in total. The van der Waals surface area contributed by atoms with Gasteiger partial charge in [-0.1, -0.05) is 35.5 Å². The molecule has 0 unspecified atom stereocenters. The molecule has 0 aliphatic rings. The van der Waals surface area contributed by atoms with Gasteiger partial charge in [-0.05, 0) is 17.7 Å². The van der Waals surface area contributed by atoms with Gasteiger partial charge in [0.25, 0.3) is 5.91 Å². The van der Waals surface area contributed by atoms with Gasteiger partial charge in [-0.15, -0.1) is 11.3 Å². The molecule has 0 atom stereocenters. The number of carbonyl (C=O) groups is 1. The van der Waals surface area contributed by atoms with E-state index in [-0.39, 0.29) is 11.6 Å².